The summed E-state index contributed by atoms with van der Waals surface area (Å²) in [7, 11) is 0. The van der Waals surface area contributed by atoms with Gasteiger partial charge in [0.15, 0.2) is 0 Å². The highest BCUT2D eigenvalue weighted by molar-refractivity contribution is 6.05. The summed E-state index contributed by atoms with van der Waals surface area (Å²) in [5.74, 6) is -2.24. The van der Waals surface area contributed by atoms with Gasteiger partial charge in [-0.2, -0.15) is 0 Å². The van der Waals surface area contributed by atoms with E-state index in [1.165, 1.54) is 12.4 Å². The van der Waals surface area contributed by atoms with Gasteiger partial charge in [0, 0.05) is 0 Å². The number of carboxylic acid groups (broad SMARTS) is 1. The Labute approximate surface area is 126 Å². The first-order valence-corrected chi connectivity index (χ1v) is 6.90. The maximum absolute atomic E-state index is 13.6. The van der Waals surface area contributed by atoms with Gasteiger partial charge in [0.2, 0.25) is 0 Å². The molecule has 0 saturated carbocycles. The highest BCUT2D eigenvalue weighted by Gasteiger charge is 2.33. The molecule has 2 rings (SSSR count). The fourth-order valence-corrected chi connectivity index (χ4v) is 2.22. The van der Waals surface area contributed by atoms with Gasteiger partial charge in [-0.15, -0.1) is 0 Å². The Kier molecular flexibility index (Phi) is 4.16. The average molecular weight is 307 g/mol. The summed E-state index contributed by atoms with van der Waals surface area (Å²) in [5, 5.41) is 11.7. The van der Waals surface area contributed by atoms with Crippen LogP contribution in [0.25, 0.3) is 11.0 Å². The Morgan fingerprint density at radius 1 is 1.45 bits per heavy atom. The van der Waals surface area contributed by atoms with Crippen molar-refractivity contribution in [1.29, 1.82) is 0 Å². The van der Waals surface area contributed by atoms with Crippen LogP contribution in [0.15, 0.2) is 18.5 Å². The second-order valence-electron chi connectivity index (χ2n) is 5.85. The molecule has 6 nitrogen and oxygen atoms in total. The lowest BCUT2D eigenvalue weighted by Gasteiger charge is -2.33. The van der Waals surface area contributed by atoms with Crippen molar-refractivity contribution in [2.45, 2.75) is 32.7 Å². The number of rotatable bonds is 5. The summed E-state index contributed by atoms with van der Waals surface area (Å²) in [6.07, 6.45) is 1.15. The number of fused-ring (bicyclic) bond motifs is 1. The lowest BCUT2D eigenvalue weighted by atomic mass is 9.85. The highest BCUT2D eigenvalue weighted by Crippen LogP contribution is 2.23. The molecule has 0 fully saturated rings. The summed E-state index contributed by atoms with van der Waals surface area (Å²) >= 11 is 0. The van der Waals surface area contributed by atoms with Gasteiger partial charge in [-0.05, 0) is 25.0 Å². The van der Waals surface area contributed by atoms with Crippen LogP contribution in [-0.4, -0.2) is 32.5 Å². The van der Waals surface area contributed by atoms with Crippen molar-refractivity contribution in [2.24, 2.45) is 5.92 Å². The van der Waals surface area contributed by atoms with Crippen molar-refractivity contribution < 1.29 is 19.1 Å². The van der Waals surface area contributed by atoms with Crippen molar-refractivity contribution in [3.8, 4) is 0 Å². The van der Waals surface area contributed by atoms with Crippen LogP contribution in [0.1, 0.15) is 37.6 Å². The summed E-state index contributed by atoms with van der Waals surface area (Å²) in [6, 6.07) is 2.35. The monoisotopic (exact) mass is 307 g/mol. The molecule has 0 aliphatic rings. The van der Waals surface area contributed by atoms with E-state index in [0.717, 1.165) is 6.07 Å². The Morgan fingerprint density at radius 2 is 2.14 bits per heavy atom. The zero-order valence-corrected chi connectivity index (χ0v) is 12.6. The third-order valence-electron chi connectivity index (χ3n) is 3.92. The van der Waals surface area contributed by atoms with Gasteiger partial charge in [-0.1, -0.05) is 13.8 Å². The number of carbonyl (C=O) groups is 2. The Morgan fingerprint density at radius 3 is 2.73 bits per heavy atom. The molecule has 0 aliphatic carbocycles. The molecule has 0 bridgehead atoms. The standard InChI is InChI=1S/C15H18FN3O3/c1-8(2)15(3,6-12(20)21)19-14(22)10-4-9(16)5-11-13(10)18-7-17-11/h4-5,7-8H,6H2,1-3H3,(H,17,18)(H,19,22)(H,20,21). The van der Waals surface area contributed by atoms with Crippen molar-refractivity contribution in [2.75, 3.05) is 0 Å². The largest absolute Gasteiger partial charge is 0.481 e. The molecule has 1 unspecified atom stereocenters. The number of carboxylic acids is 1. The molecule has 1 amide bonds. The van der Waals surface area contributed by atoms with E-state index in [4.69, 9.17) is 5.11 Å². The molecule has 1 aromatic carbocycles. The van der Waals surface area contributed by atoms with Crippen molar-refractivity contribution in [3.63, 3.8) is 0 Å². The molecule has 1 atom stereocenters. The third kappa shape index (κ3) is 3.08. The van der Waals surface area contributed by atoms with Crippen LogP contribution < -0.4 is 5.32 Å². The molecule has 0 radical (unpaired) electrons. The van der Waals surface area contributed by atoms with Crippen LogP contribution in [0.4, 0.5) is 4.39 Å². The van der Waals surface area contributed by atoms with Crippen molar-refractivity contribution in [1.82, 2.24) is 15.3 Å². The van der Waals surface area contributed by atoms with Crippen LogP contribution in [0.3, 0.4) is 0 Å². The number of aliphatic carboxylic acids is 1. The smallest absolute Gasteiger partial charge is 0.305 e. The maximum atomic E-state index is 13.6. The first-order chi connectivity index (χ1) is 10.2. The SMILES string of the molecule is CC(C)C(C)(CC(=O)O)NC(=O)c1cc(F)cc2[nH]cnc12. The van der Waals surface area contributed by atoms with E-state index in [-0.39, 0.29) is 17.9 Å². The minimum absolute atomic E-state index is 0.0773. The number of carbonyl (C=O) groups excluding carboxylic acids is 1. The van der Waals surface area contributed by atoms with Gasteiger partial charge in [0.05, 0.1) is 29.4 Å². The average Bonchev–Trinajstić information content (AvgIpc) is 2.84. The summed E-state index contributed by atoms with van der Waals surface area (Å²) < 4.78 is 13.6. The van der Waals surface area contributed by atoms with E-state index >= 15 is 0 Å². The van der Waals surface area contributed by atoms with Gasteiger partial charge >= 0.3 is 5.97 Å². The minimum Gasteiger partial charge on any atom is -0.481 e. The number of nitrogens with zero attached hydrogens (tertiary/aromatic N) is 1. The first kappa shape index (κ1) is 15.9. The lowest BCUT2D eigenvalue weighted by molar-refractivity contribution is -0.138. The molecule has 3 N–H and O–H groups in total. The van der Waals surface area contributed by atoms with Gasteiger partial charge in [-0.3, -0.25) is 9.59 Å². The summed E-state index contributed by atoms with van der Waals surface area (Å²) in [5.41, 5.74) is -0.110. The molecule has 7 heteroatoms. The normalized spacial score (nSPS) is 14.0. The van der Waals surface area contributed by atoms with Crippen LogP contribution >= 0.6 is 0 Å². The second kappa shape index (κ2) is 5.75. The quantitative estimate of drug-likeness (QED) is 0.790. The molecule has 118 valence electrons. The Bertz CT molecular complexity index is 726. The number of imidazole rings is 1. The third-order valence-corrected chi connectivity index (χ3v) is 3.92. The second-order valence-corrected chi connectivity index (χ2v) is 5.85. The predicted molar refractivity (Wildman–Crippen MR) is 79.0 cm³/mol. The van der Waals surface area contributed by atoms with Gasteiger partial charge in [0.1, 0.15) is 11.3 Å². The Hall–Kier alpha value is -2.44. The summed E-state index contributed by atoms with van der Waals surface area (Å²) in [6.45, 7) is 5.29. The summed E-state index contributed by atoms with van der Waals surface area (Å²) in [4.78, 5) is 30.3. The van der Waals surface area contributed by atoms with Crippen molar-refractivity contribution in [3.05, 3.63) is 29.8 Å². The number of hydrogen-bond acceptors (Lipinski definition) is 3. The lowest BCUT2D eigenvalue weighted by Crippen LogP contribution is -2.51. The molecule has 0 saturated heterocycles. The van der Waals surface area contributed by atoms with Gasteiger partial charge < -0.3 is 15.4 Å². The van der Waals surface area contributed by atoms with Crippen LogP contribution in [0, 0.1) is 11.7 Å². The van der Waals surface area contributed by atoms with E-state index in [1.54, 1.807) is 6.92 Å². The van der Waals surface area contributed by atoms with Crippen LogP contribution in [0.5, 0.6) is 0 Å². The number of nitrogens with one attached hydrogen (secondary N) is 2. The fourth-order valence-electron chi connectivity index (χ4n) is 2.22. The number of H-pyrrole nitrogens is 1. The Balaban J connectivity index is 2.37. The molecule has 0 spiro atoms. The van der Waals surface area contributed by atoms with E-state index in [2.05, 4.69) is 15.3 Å². The molecule has 22 heavy (non-hydrogen) atoms. The van der Waals surface area contributed by atoms with E-state index < -0.39 is 23.2 Å². The predicted octanol–water partition coefficient (Wildman–Crippen LogP) is 2.32. The van der Waals surface area contributed by atoms with E-state index in [9.17, 15) is 14.0 Å². The van der Waals surface area contributed by atoms with Crippen molar-refractivity contribution >= 4 is 22.9 Å². The minimum atomic E-state index is -1.01. The fraction of sp³-hybridized carbons (Fsp3) is 0.400. The van der Waals surface area contributed by atoms with E-state index in [0.29, 0.717) is 11.0 Å². The zero-order valence-electron chi connectivity index (χ0n) is 12.6. The van der Waals surface area contributed by atoms with Gasteiger partial charge in [-0.25, -0.2) is 9.37 Å². The molecule has 0 aliphatic heterocycles. The molecule has 1 heterocycles. The molecule has 1 aromatic heterocycles. The zero-order chi connectivity index (χ0) is 16.5. The first-order valence-electron chi connectivity index (χ1n) is 6.90. The number of halogens is 1. The van der Waals surface area contributed by atoms with E-state index in [1.807, 2.05) is 13.8 Å². The molecule has 2 aromatic rings. The van der Waals surface area contributed by atoms with Crippen LogP contribution in [0.2, 0.25) is 0 Å². The van der Waals surface area contributed by atoms with Gasteiger partial charge in [0.25, 0.3) is 5.91 Å². The number of hydrogen-bond donors (Lipinski definition) is 3. The number of aromatic nitrogens is 2. The topological polar surface area (TPSA) is 95.1 Å². The molecular formula is C15H18FN3O3. The number of aromatic amines is 1. The number of amides is 1. The number of benzene rings is 1. The highest BCUT2D eigenvalue weighted by atomic mass is 19.1. The molecular weight excluding hydrogens is 289 g/mol. The maximum Gasteiger partial charge on any atom is 0.305 e. The van der Waals surface area contributed by atoms with Crippen LogP contribution in [-0.2, 0) is 4.79 Å².